The zero-order valence-electron chi connectivity index (χ0n) is 24.3. The molecule has 2 aromatic rings. The van der Waals surface area contributed by atoms with Crippen molar-refractivity contribution in [1.29, 1.82) is 0 Å². The molecule has 4 aliphatic rings. The van der Waals surface area contributed by atoms with Gasteiger partial charge in [-0.1, -0.05) is 62.2 Å². The molecule has 2 aromatic carbocycles. The fourth-order valence-electron chi connectivity index (χ4n) is 8.64. The Balaban J connectivity index is 1.58. The van der Waals surface area contributed by atoms with Gasteiger partial charge in [-0.05, 0) is 99.1 Å². The molecule has 3 atom stereocenters. The first-order chi connectivity index (χ1) is 19.4. The van der Waals surface area contributed by atoms with Gasteiger partial charge in [-0.2, -0.15) is 0 Å². The Kier molecular flexibility index (Phi) is 7.23. The Labute approximate surface area is 252 Å². The molecule has 0 unspecified atom stereocenters. The molecule has 6 rings (SSSR count). The van der Waals surface area contributed by atoms with Gasteiger partial charge >= 0.3 is 0 Å². The molecule has 1 saturated heterocycles. The van der Waals surface area contributed by atoms with E-state index >= 15 is 4.39 Å². The van der Waals surface area contributed by atoms with Gasteiger partial charge in [-0.3, -0.25) is 14.5 Å². The number of carbonyl (C=O) groups is 2. The van der Waals surface area contributed by atoms with Crippen molar-refractivity contribution in [2.45, 2.75) is 101 Å². The molecule has 2 N–H and O–H groups in total. The molecule has 5 nitrogen and oxygen atoms in total. The summed E-state index contributed by atoms with van der Waals surface area (Å²) in [6.45, 7) is 6.76. The molecule has 0 bridgehead atoms. The normalized spacial score (nSPS) is 32.2. The SMILES string of the molecule is CC1CCC(NC(=O)[C@H]2[C@H](c3cccc(Cl)c3F)[C@]3(C(=O)Nc4cc(Cl)ccc43)C3(CCC(C)(C)CC3)N2C)CC1. The van der Waals surface area contributed by atoms with Crippen molar-refractivity contribution in [3.05, 3.63) is 63.4 Å². The van der Waals surface area contributed by atoms with E-state index in [-0.39, 0.29) is 28.3 Å². The minimum atomic E-state index is -1.22. The van der Waals surface area contributed by atoms with Crippen LogP contribution >= 0.6 is 23.2 Å². The summed E-state index contributed by atoms with van der Waals surface area (Å²) in [6, 6.07) is 9.72. The number of benzene rings is 2. The Morgan fingerprint density at radius 3 is 2.41 bits per heavy atom. The van der Waals surface area contributed by atoms with Crippen LogP contribution in [-0.2, 0) is 15.0 Å². The number of hydrogen-bond donors (Lipinski definition) is 2. The topological polar surface area (TPSA) is 61.4 Å². The molecule has 2 heterocycles. The fourth-order valence-corrected chi connectivity index (χ4v) is 9.00. The highest BCUT2D eigenvalue weighted by Gasteiger charge is 2.75. The van der Waals surface area contributed by atoms with Crippen molar-refractivity contribution in [1.82, 2.24) is 10.2 Å². The number of fused-ring (bicyclic) bond motifs is 3. The van der Waals surface area contributed by atoms with Crippen LogP contribution in [0.2, 0.25) is 10.0 Å². The summed E-state index contributed by atoms with van der Waals surface area (Å²) in [7, 11) is 1.97. The number of amides is 2. The van der Waals surface area contributed by atoms with Gasteiger partial charge in [0.1, 0.15) is 11.2 Å². The number of likely N-dealkylation sites (N-methyl/N-ethyl adjacent to an activating group) is 1. The lowest BCUT2D eigenvalue weighted by atomic mass is 9.53. The molecular weight excluding hydrogens is 560 g/mol. The van der Waals surface area contributed by atoms with Crippen LogP contribution in [0.15, 0.2) is 36.4 Å². The van der Waals surface area contributed by atoms with Gasteiger partial charge in [0.2, 0.25) is 11.8 Å². The number of likely N-dealkylation sites (tertiary alicyclic amines) is 1. The molecule has 2 spiro atoms. The molecule has 2 amide bonds. The molecule has 3 fully saturated rings. The van der Waals surface area contributed by atoms with E-state index < -0.39 is 28.7 Å². The van der Waals surface area contributed by atoms with Crippen molar-refractivity contribution in [2.75, 3.05) is 12.4 Å². The van der Waals surface area contributed by atoms with Gasteiger partial charge in [0, 0.05) is 28.2 Å². The average Bonchev–Trinajstić information content (AvgIpc) is 3.33. The minimum absolute atomic E-state index is 0.0128. The summed E-state index contributed by atoms with van der Waals surface area (Å²) < 4.78 is 16.2. The number of anilines is 1. The number of nitrogens with one attached hydrogen (secondary N) is 2. The summed E-state index contributed by atoms with van der Waals surface area (Å²) in [5, 5.41) is 6.97. The first-order valence-electron chi connectivity index (χ1n) is 15.0. The number of hydrogen-bond acceptors (Lipinski definition) is 3. The Morgan fingerprint density at radius 1 is 1.05 bits per heavy atom. The standard InChI is InChI=1S/C33H40Cl2FN3O2/c1-19-8-11-21(12-9-19)37-29(40)28-26(22-6-5-7-24(35)27(22)36)33(23-13-10-20(34)18-25(23)38-30(33)41)32(39(28)4)16-14-31(2,3)15-17-32/h5-7,10,13,18-19,21,26,28H,8-9,11-12,14-17H2,1-4H3,(H,37,40)(H,38,41)/t19?,21?,26-,28+,33+/m0/s1. The van der Waals surface area contributed by atoms with Crippen LogP contribution in [0.3, 0.4) is 0 Å². The summed E-state index contributed by atoms with van der Waals surface area (Å²) >= 11 is 12.8. The van der Waals surface area contributed by atoms with Gasteiger partial charge < -0.3 is 10.6 Å². The van der Waals surface area contributed by atoms with E-state index in [1.165, 1.54) is 6.07 Å². The molecule has 41 heavy (non-hydrogen) atoms. The first-order valence-corrected chi connectivity index (χ1v) is 15.8. The van der Waals surface area contributed by atoms with Gasteiger partial charge in [0.25, 0.3) is 0 Å². The third-order valence-electron chi connectivity index (χ3n) is 11.0. The van der Waals surface area contributed by atoms with Crippen LogP contribution in [0.5, 0.6) is 0 Å². The number of rotatable bonds is 3. The summed E-state index contributed by atoms with van der Waals surface area (Å²) in [6.07, 6.45) is 7.15. The second-order valence-corrected chi connectivity index (χ2v) is 14.6. The quantitative estimate of drug-likeness (QED) is 0.385. The van der Waals surface area contributed by atoms with Crippen molar-refractivity contribution in [3.8, 4) is 0 Å². The highest BCUT2D eigenvalue weighted by atomic mass is 35.5. The molecule has 8 heteroatoms. The summed E-state index contributed by atoms with van der Waals surface area (Å²) in [4.78, 5) is 31.3. The lowest BCUT2D eigenvalue weighted by Gasteiger charge is -2.53. The average molecular weight is 601 g/mol. The zero-order valence-corrected chi connectivity index (χ0v) is 25.8. The van der Waals surface area contributed by atoms with Crippen molar-refractivity contribution >= 4 is 40.7 Å². The fraction of sp³-hybridized carbons (Fsp3) is 0.576. The molecule has 220 valence electrons. The van der Waals surface area contributed by atoms with E-state index in [2.05, 4.69) is 36.3 Å². The number of carbonyl (C=O) groups excluding carboxylic acids is 2. The zero-order chi connectivity index (χ0) is 29.3. The smallest absolute Gasteiger partial charge is 0.238 e. The predicted octanol–water partition coefficient (Wildman–Crippen LogP) is 7.45. The highest BCUT2D eigenvalue weighted by molar-refractivity contribution is 6.31. The van der Waals surface area contributed by atoms with Crippen LogP contribution < -0.4 is 10.6 Å². The van der Waals surface area contributed by atoms with E-state index in [0.29, 0.717) is 35.0 Å². The Hall–Kier alpha value is -2.15. The van der Waals surface area contributed by atoms with Crippen LogP contribution in [0.1, 0.15) is 89.2 Å². The van der Waals surface area contributed by atoms with Gasteiger partial charge in [0.15, 0.2) is 0 Å². The summed E-state index contributed by atoms with van der Waals surface area (Å²) in [5.41, 5.74) is -0.108. The maximum atomic E-state index is 16.2. The number of halogens is 3. The Bertz CT molecular complexity index is 1380. The maximum Gasteiger partial charge on any atom is 0.238 e. The van der Waals surface area contributed by atoms with Crippen LogP contribution in [0, 0.1) is 17.2 Å². The van der Waals surface area contributed by atoms with Crippen molar-refractivity contribution in [3.63, 3.8) is 0 Å². The molecule has 0 radical (unpaired) electrons. The van der Waals surface area contributed by atoms with Gasteiger partial charge in [-0.15, -0.1) is 0 Å². The minimum Gasteiger partial charge on any atom is -0.352 e. The lowest BCUT2D eigenvalue weighted by Crippen LogP contribution is -2.62. The monoisotopic (exact) mass is 599 g/mol. The van der Waals surface area contributed by atoms with E-state index in [9.17, 15) is 9.59 Å². The van der Waals surface area contributed by atoms with E-state index in [4.69, 9.17) is 23.2 Å². The number of nitrogens with zero attached hydrogens (tertiary/aromatic N) is 1. The van der Waals surface area contributed by atoms with E-state index in [0.717, 1.165) is 44.1 Å². The first kappa shape index (κ1) is 28.9. The lowest BCUT2D eigenvalue weighted by molar-refractivity contribution is -0.129. The second kappa shape index (κ2) is 10.2. The van der Waals surface area contributed by atoms with E-state index in [1.54, 1.807) is 24.3 Å². The van der Waals surface area contributed by atoms with Crippen molar-refractivity contribution < 1.29 is 14.0 Å². The second-order valence-electron chi connectivity index (χ2n) is 13.8. The Morgan fingerprint density at radius 2 is 1.73 bits per heavy atom. The third-order valence-corrected chi connectivity index (χ3v) is 11.5. The molecule has 2 aliphatic heterocycles. The van der Waals surface area contributed by atoms with Crippen LogP contribution in [-0.4, -0.2) is 41.4 Å². The van der Waals surface area contributed by atoms with Crippen LogP contribution in [0.4, 0.5) is 10.1 Å². The van der Waals surface area contributed by atoms with E-state index in [1.807, 2.05) is 13.1 Å². The predicted molar refractivity (Wildman–Crippen MR) is 162 cm³/mol. The molecular formula is C33H40Cl2FN3O2. The van der Waals surface area contributed by atoms with Gasteiger partial charge in [0.05, 0.1) is 11.1 Å². The maximum absolute atomic E-state index is 16.2. The largest absolute Gasteiger partial charge is 0.352 e. The van der Waals surface area contributed by atoms with Crippen LogP contribution in [0.25, 0.3) is 0 Å². The van der Waals surface area contributed by atoms with Gasteiger partial charge in [-0.25, -0.2) is 4.39 Å². The third kappa shape index (κ3) is 4.34. The molecule has 0 aromatic heterocycles. The highest BCUT2D eigenvalue weighted by Crippen LogP contribution is 2.67. The van der Waals surface area contributed by atoms with Crippen molar-refractivity contribution in [2.24, 2.45) is 11.3 Å². The molecule has 2 saturated carbocycles. The summed E-state index contributed by atoms with van der Waals surface area (Å²) in [5.74, 6) is -1.06. The molecule has 2 aliphatic carbocycles.